The van der Waals surface area contributed by atoms with Crippen LogP contribution in [0.4, 0.5) is 4.39 Å². The van der Waals surface area contributed by atoms with Crippen LogP contribution >= 0.6 is 0 Å². The molecule has 0 spiro atoms. The standard InChI is InChI=1S/C16H15FO3/c1-12(18)14-8-5-9-15(17)16(14)20-11-10-19-13-6-3-2-4-7-13/h2-9H,10-11H2,1H3. The summed E-state index contributed by atoms with van der Waals surface area (Å²) in [5.74, 6) is -0.0750. The predicted octanol–water partition coefficient (Wildman–Crippen LogP) is 3.49. The number of halogens is 1. The molecule has 2 rings (SSSR count). The van der Waals surface area contributed by atoms with Crippen LogP contribution in [-0.2, 0) is 0 Å². The number of Topliss-reactive ketones (excluding diaryl/α,β-unsaturated/α-hetero) is 1. The Kier molecular flexibility index (Phi) is 4.71. The number of benzene rings is 2. The van der Waals surface area contributed by atoms with E-state index in [-0.39, 0.29) is 30.3 Å². The Morgan fingerprint density at radius 1 is 1.00 bits per heavy atom. The van der Waals surface area contributed by atoms with Crippen LogP contribution in [0, 0.1) is 5.82 Å². The van der Waals surface area contributed by atoms with Crippen LogP contribution in [0.1, 0.15) is 17.3 Å². The molecule has 0 unspecified atom stereocenters. The maximum atomic E-state index is 13.6. The zero-order valence-electron chi connectivity index (χ0n) is 11.1. The summed E-state index contributed by atoms with van der Waals surface area (Å²) in [6.45, 7) is 1.81. The Balaban J connectivity index is 1.93. The molecule has 0 aliphatic carbocycles. The van der Waals surface area contributed by atoms with Gasteiger partial charge in [0.1, 0.15) is 19.0 Å². The van der Waals surface area contributed by atoms with Gasteiger partial charge in [0.2, 0.25) is 0 Å². The number of carbonyl (C=O) groups is 1. The molecular formula is C16H15FO3. The summed E-state index contributed by atoms with van der Waals surface area (Å²) in [5, 5.41) is 0. The van der Waals surface area contributed by atoms with Gasteiger partial charge in [-0.3, -0.25) is 4.79 Å². The van der Waals surface area contributed by atoms with Crippen LogP contribution in [0.5, 0.6) is 11.5 Å². The van der Waals surface area contributed by atoms with Gasteiger partial charge in [0.25, 0.3) is 0 Å². The number of rotatable bonds is 6. The lowest BCUT2D eigenvalue weighted by atomic mass is 10.1. The normalized spacial score (nSPS) is 10.1. The molecule has 2 aromatic carbocycles. The number of para-hydroxylation sites is 2. The van der Waals surface area contributed by atoms with Crippen molar-refractivity contribution in [2.45, 2.75) is 6.92 Å². The maximum Gasteiger partial charge on any atom is 0.165 e. The second-order valence-corrected chi connectivity index (χ2v) is 4.18. The average Bonchev–Trinajstić information content (AvgIpc) is 2.45. The van der Waals surface area contributed by atoms with E-state index in [1.807, 2.05) is 30.3 Å². The lowest BCUT2D eigenvalue weighted by Gasteiger charge is -2.11. The maximum absolute atomic E-state index is 13.6. The van der Waals surface area contributed by atoms with Crippen LogP contribution in [0.2, 0.25) is 0 Å². The van der Waals surface area contributed by atoms with E-state index >= 15 is 0 Å². The van der Waals surface area contributed by atoms with Crippen LogP contribution in [-0.4, -0.2) is 19.0 Å². The molecule has 0 fully saturated rings. The van der Waals surface area contributed by atoms with Gasteiger partial charge in [-0.2, -0.15) is 0 Å². The molecule has 2 aromatic rings. The quantitative estimate of drug-likeness (QED) is 0.597. The lowest BCUT2D eigenvalue weighted by molar-refractivity contribution is 0.101. The summed E-state index contributed by atoms with van der Waals surface area (Å²) in [6, 6.07) is 13.6. The van der Waals surface area contributed by atoms with Crippen molar-refractivity contribution in [2.75, 3.05) is 13.2 Å². The first-order valence-corrected chi connectivity index (χ1v) is 6.28. The molecule has 4 heteroatoms. The topological polar surface area (TPSA) is 35.5 Å². The van der Waals surface area contributed by atoms with Crippen LogP contribution < -0.4 is 9.47 Å². The van der Waals surface area contributed by atoms with E-state index in [0.717, 1.165) is 5.75 Å². The summed E-state index contributed by atoms with van der Waals surface area (Å²) in [7, 11) is 0. The molecule has 0 atom stereocenters. The molecule has 0 saturated heterocycles. The highest BCUT2D eigenvalue weighted by Crippen LogP contribution is 2.23. The van der Waals surface area contributed by atoms with Gasteiger partial charge in [0.05, 0.1) is 5.56 Å². The fourth-order valence-corrected chi connectivity index (χ4v) is 1.75. The number of hydrogen-bond donors (Lipinski definition) is 0. The third kappa shape index (κ3) is 3.57. The van der Waals surface area contributed by atoms with Gasteiger partial charge in [0, 0.05) is 0 Å². The second-order valence-electron chi connectivity index (χ2n) is 4.18. The fourth-order valence-electron chi connectivity index (χ4n) is 1.75. The van der Waals surface area contributed by atoms with E-state index in [2.05, 4.69) is 0 Å². The van der Waals surface area contributed by atoms with Gasteiger partial charge < -0.3 is 9.47 Å². The first-order valence-electron chi connectivity index (χ1n) is 6.28. The van der Waals surface area contributed by atoms with E-state index in [4.69, 9.17) is 9.47 Å². The van der Waals surface area contributed by atoms with Crippen LogP contribution in [0.15, 0.2) is 48.5 Å². The van der Waals surface area contributed by atoms with Gasteiger partial charge in [-0.15, -0.1) is 0 Å². The molecule has 0 saturated carbocycles. The Hall–Kier alpha value is -2.36. The first-order chi connectivity index (χ1) is 9.68. The minimum atomic E-state index is -0.544. The van der Waals surface area contributed by atoms with Gasteiger partial charge >= 0.3 is 0 Å². The molecule has 3 nitrogen and oxygen atoms in total. The van der Waals surface area contributed by atoms with E-state index in [9.17, 15) is 9.18 Å². The summed E-state index contributed by atoms with van der Waals surface area (Å²) in [5.41, 5.74) is 0.240. The fraction of sp³-hybridized carbons (Fsp3) is 0.188. The minimum Gasteiger partial charge on any atom is -0.490 e. The average molecular weight is 274 g/mol. The Bertz CT molecular complexity index is 582. The molecule has 0 bridgehead atoms. The number of ketones is 1. The number of hydrogen-bond acceptors (Lipinski definition) is 3. The van der Waals surface area contributed by atoms with Crippen molar-refractivity contribution in [1.29, 1.82) is 0 Å². The molecule has 0 N–H and O–H groups in total. The smallest absolute Gasteiger partial charge is 0.165 e. The summed E-state index contributed by atoms with van der Waals surface area (Å²) in [4.78, 5) is 11.4. The van der Waals surface area contributed by atoms with Crippen molar-refractivity contribution in [3.8, 4) is 11.5 Å². The molecule has 0 amide bonds. The molecule has 0 aliphatic heterocycles. The summed E-state index contributed by atoms with van der Waals surface area (Å²) >= 11 is 0. The van der Waals surface area contributed by atoms with Crippen molar-refractivity contribution in [3.63, 3.8) is 0 Å². The summed E-state index contributed by atoms with van der Waals surface area (Å²) < 4.78 is 24.4. The zero-order chi connectivity index (χ0) is 14.4. The minimum absolute atomic E-state index is 0.0170. The molecular weight excluding hydrogens is 259 g/mol. The monoisotopic (exact) mass is 274 g/mol. The third-order valence-corrected chi connectivity index (χ3v) is 2.69. The predicted molar refractivity (Wildman–Crippen MR) is 73.8 cm³/mol. The Morgan fingerprint density at radius 3 is 2.40 bits per heavy atom. The molecule has 20 heavy (non-hydrogen) atoms. The molecule has 104 valence electrons. The van der Waals surface area contributed by atoms with E-state index in [0.29, 0.717) is 0 Å². The van der Waals surface area contributed by atoms with Crippen molar-refractivity contribution >= 4 is 5.78 Å². The Labute approximate surface area is 117 Å². The van der Waals surface area contributed by atoms with Crippen LogP contribution in [0.25, 0.3) is 0 Å². The van der Waals surface area contributed by atoms with Gasteiger partial charge in [-0.05, 0) is 31.2 Å². The summed E-state index contributed by atoms with van der Waals surface area (Å²) in [6.07, 6.45) is 0. The van der Waals surface area contributed by atoms with Crippen molar-refractivity contribution in [3.05, 3.63) is 59.9 Å². The highest BCUT2D eigenvalue weighted by atomic mass is 19.1. The van der Waals surface area contributed by atoms with Crippen LogP contribution in [0.3, 0.4) is 0 Å². The third-order valence-electron chi connectivity index (χ3n) is 2.69. The van der Waals surface area contributed by atoms with E-state index < -0.39 is 5.82 Å². The zero-order valence-corrected chi connectivity index (χ0v) is 11.1. The van der Waals surface area contributed by atoms with Crippen molar-refractivity contribution in [2.24, 2.45) is 0 Å². The van der Waals surface area contributed by atoms with E-state index in [1.54, 1.807) is 6.07 Å². The van der Waals surface area contributed by atoms with Crippen molar-refractivity contribution < 1.29 is 18.7 Å². The molecule has 0 aromatic heterocycles. The van der Waals surface area contributed by atoms with Crippen molar-refractivity contribution in [1.82, 2.24) is 0 Å². The van der Waals surface area contributed by atoms with E-state index in [1.165, 1.54) is 19.1 Å². The van der Waals surface area contributed by atoms with Gasteiger partial charge in [0.15, 0.2) is 17.3 Å². The molecule has 0 radical (unpaired) electrons. The lowest BCUT2D eigenvalue weighted by Crippen LogP contribution is -2.11. The second kappa shape index (κ2) is 6.70. The first kappa shape index (κ1) is 14.1. The Morgan fingerprint density at radius 2 is 1.70 bits per heavy atom. The van der Waals surface area contributed by atoms with Gasteiger partial charge in [-0.25, -0.2) is 4.39 Å². The highest BCUT2D eigenvalue weighted by molar-refractivity contribution is 5.96. The SMILES string of the molecule is CC(=O)c1cccc(F)c1OCCOc1ccccc1. The molecule has 0 aliphatic rings. The highest BCUT2D eigenvalue weighted by Gasteiger charge is 2.13. The largest absolute Gasteiger partial charge is 0.490 e. The molecule has 0 heterocycles. The number of carbonyl (C=O) groups excluding carboxylic acids is 1. The number of ether oxygens (including phenoxy) is 2. The van der Waals surface area contributed by atoms with Gasteiger partial charge in [-0.1, -0.05) is 24.3 Å².